The molecule has 9 heteroatoms. The monoisotopic (exact) mass is 569 g/mol. The number of rotatable bonds is 16. The van der Waals surface area contributed by atoms with Gasteiger partial charge in [0.2, 0.25) is 0 Å². The zero-order chi connectivity index (χ0) is 29.6. The average Bonchev–Trinajstić information content (AvgIpc) is 2.93. The fourth-order valence-electron chi connectivity index (χ4n) is 4.29. The summed E-state index contributed by atoms with van der Waals surface area (Å²) in [5.74, 6) is -0.664. The molecule has 8 nitrogen and oxygen atoms in total. The van der Waals surface area contributed by atoms with Gasteiger partial charge in [0, 0.05) is 38.9 Å². The molecule has 0 amide bonds. The molecule has 230 valence electrons. The van der Waals surface area contributed by atoms with Gasteiger partial charge >= 0.3 is 0 Å². The normalized spacial score (nSPS) is 20.0. The van der Waals surface area contributed by atoms with Gasteiger partial charge in [-0.3, -0.25) is 4.18 Å². The first-order valence-electron chi connectivity index (χ1n) is 15.6. The van der Waals surface area contributed by atoms with Crippen LogP contribution in [0.5, 0.6) is 0 Å². The molecule has 2 aliphatic heterocycles. The Morgan fingerprint density at radius 1 is 0.763 bits per heavy atom. The molecule has 0 spiro atoms. The molecule has 2 saturated heterocycles. The van der Waals surface area contributed by atoms with E-state index >= 15 is 0 Å². The Kier molecular flexibility index (Phi) is 20.2. The molecule has 2 fully saturated rings. The van der Waals surface area contributed by atoms with E-state index in [1.165, 1.54) is 12.8 Å². The SMILES string of the molecule is CCCCC1(CCCC)OCC(CO)CO1.CCCCC1(CCCC)OCC(COS(C)(=O)=O)CO1.[2H]CC. The van der Waals surface area contributed by atoms with E-state index in [4.69, 9.17) is 29.6 Å². The molecule has 0 aliphatic carbocycles. The summed E-state index contributed by atoms with van der Waals surface area (Å²) in [5.41, 5.74) is 0. The topological polar surface area (TPSA) is 101 Å². The van der Waals surface area contributed by atoms with E-state index < -0.39 is 15.9 Å². The lowest BCUT2D eigenvalue weighted by atomic mass is 10.00. The Hall–Kier alpha value is -0.290. The molecule has 0 unspecified atom stereocenters. The number of unbranched alkanes of at least 4 members (excludes halogenated alkanes) is 4. The largest absolute Gasteiger partial charge is 0.396 e. The summed E-state index contributed by atoms with van der Waals surface area (Å²) < 4.78 is 56.7. The van der Waals surface area contributed by atoms with Crippen LogP contribution in [0.1, 0.15) is 120 Å². The second-order valence-electron chi connectivity index (χ2n) is 10.4. The van der Waals surface area contributed by atoms with E-state index in [0.29, 0.717) is 33.3 Å². The molecule has 0 aromatic heterocycles. The highest BCUT2D eigenvalue weighted by Crippen LogP contribution is 2.33. The van der Waals surface area contributed by atoms with E-state index in [1.807, 2.05) is 0 Å². The van der Waals surface area contributed by atoms with Crippen molar-refractivity contribution in [2.45, 2.75) is 130 Å². The molecule has 0 bridgehead atoms. The molecule has 1 N–H and O–H groups in total. The van der Waals surface area contributed by atoms with Gasteiger partial charge < -0.3 is 24.1 Å². The zero-order valence-corrected chi connectivity index (χ0v) is 26.1. The summed E-state index contributed by atoms with van der Waals surface area (Å²) >= 11 is 0. The number of hydrogen-bond acceptors (Lipinski definition) is 8. The summed E-state index contributed by atoms with van der Waals surface area (Å²) in [7, 11) is -3.39. The lowest BCUT2D eigenvalue weighted by molar-refractivity contribution is -0.292. The predicted molar refractivity (Wildman–Crippen MR) is 154 cm³/mol. The Morgan fingerprint density at radius 2 is 1.08 bits per heavy atom. The van der Waals surface area contributed by atoms with Crippen molar-refractivity contribution in [2.24, 2.45) is 11.8 Å². The van der Waals surface area contributed by atoms with Gasteiger partial charge in [-0.25, -0.2) is 0 Å². The van der Waals surface area contributed by atoms with Crippen LogP contribution in [0.25, 0.3) is 0 Å². The number of ether oxygens (including phenoxy) is 4. The molecule has 38 heavy (non-hydrogen) atoms. The van der Waals surface area contributed by atoms with Crippen molar-refractivity contribution in [1.29, 1.82) is 0 Å². The van der Waals surface area contributed by atoms with Crippen LogP contribution in [0.4, 0.5) is 0 Å². The zero-order valence-electron chi connectivity index (χ0n) is 26.3. The van der Waals surface area contributed by atoms with Crippen LogP contribution in [-0.2, 0) is 33.2 Å². The highest BCUT2D eigenvalue weighted by molar-refractivity contribution is 7.85. The van der Waals surface area contributed by atoms with Crippen molar-refractivity contribution in [3.8, 4) is 0 Å². The standard InChI is InChI=1S/C14H28O5S.C13H26O3.C2H6/c1-4-6-8-14(9-7-5-2)17-10-13(11-18-14)12-19-20(3,15)16;1-3-5-7-13(8-6-4-2)15-10-12(9-14)11-16-13;1-2/h13H,4-12H2,1-3H3;12,14H,3-11H2,1-2H3;1-2H3/i;;1D. The molecule has 0 radical (unpaired) electrons. The minimum absolute atomic E-state index is 0.0129. The average molecular weight is 570 g/mol. The van der Waals surface area contributed by atoms with Crippen LogP contribution in [0, 0.1) is 11.8 Å². The van der Waals surface area contributed by atoms with Crippen LogP contribution in [0.15, 0.2) is 0 Å². The third-order valence-corrected chi connectivity index (χ3v) is 7.31. The number of aliphatic hydroxyl groups excluding tert-OH is 1. The molecule has 2 heterocycles. The van der Waals surface area contributed by atoms with Crippen molar-refractivity contribution in [2.75, 3.05) is 45.9 Å². The third-order valence-electron chi connectivity index (χ3n) is 6.75. The highest BCUT2D eigenvalue weighted by atomic mass is 32.2. The van der Waals surface area contributed by atoms with Gasteiger partial charge in [-0.05, 0) is 25.7 Å². The van der Waals surface area contributed by atoms with Gasteiger partial charge in [-0.2, -0.15) is 8.42 Å². The fourth-order valence-corrected chi connectivity index (χ4v) is 4.73. The maximum Gasteiger partial charge on any atom is 0.264 e. The molecule has 2 aliphatic rings. The predicted octanol–water partition coefficient (Wildman–Crippen LogP) is 6.45. The van der Waals surface area contributed by atoms with Crippen LogP contribution in [-0.4, -0.2) is 71.0 Å². The maximum absolute atomic E-state index is 11.0. The van der Waals surface area contributed by atoms with E-state index in [1.54, 1.807) is 6.92 Å². The molecule has 0 aromatic carbocycles. The molecule has 0 aromatic rings. The van der Waals surface area contributed by atoms with E-state index in [9.17, 15) is 8.42 Å². The Bertz CT molecular complexity index is 640. The summed E-state index contributed by atoms with van der Waals surface area (Å²) in [6.07, 6.45) is 13.9. The minimum Gasteiger partial charge on any atom is -0.396 e. The van der Waals surface area contributed by atoms with Crippen molar-refractivity contribution in [3.63, 3.8) is 0 Å². The summed E-state index contributed by atoms with van der Waals surface area (Å²) in [6, 6.07) is 0. The molecular formula is C29H60O8S. The third kappa shape index (κ3) is 16.1. The summed E-state index contributed by atoms with van der Waals surface area (Å²) in [6.45, 7) is 13.6. The van der Waals surface area contributed by atoms with Crippen LogP contribution >= 0.6 is 0 Å². The van der Waals surface area contributed by atoms with E-state index in [2.05, 4.69) is 27.7 Å². The van der Waals surface area contributed by atoms with Gasteiger partial charge in [0.25, 0.3) is 10.1 Å². The quantitative estimate of drug-likeness (QED) is 0.212. The highest BCUT2D eigenvalue weighted by Gasteiger charge is 2.37. The molecule has 0 saturated carbocycles. The minimum atomic E-state index is -3.39. The second-order valence-corrected chi connectivity index (χ2v) is 12.0. The second kappa shape index (κ2) is 21.5. The number of hydrogen-bond donors (Lipinski definition) is 1. The summed E-state index contributed by atoms with van der Waals surface area (Å²) in [5, 5.41) is 9.05. The van der Waals surface area contributed by atoms with Crippen molar-refractivity contribution in [1.82, 2.24) is 0 Å². The van der Waals surface area contributed by atoms with Gasteiger partial charge in [0.05, 0.1) is 45.9 Å². The fraction of sp³-hybridized carbons (Fsp3) is 1.00. The lowest BCUT2D eigenvalue weighted by Gasteiger charge is -2.40. The van der Waals surface area contributed by atoms with E-state index in [0.717, 1.165) is 70.5 Å². The van der Waals surface area contributed by atoms with Crippen LogP contribution < -0.4 is 0 Å². The molecule has 0 atom stereocenters. The lowest BCUT2D eigenvalue weighted by Crippen LogP contribution is -2.45. The van der Waals surface area contributed by atoms with E-state index in [-0.39, 0.29) is 30.8 Å². The van der Waals surface area contributed by atoms with Gasteiger partial charge in [0.1, 0.15) is 0 Å². The Balaban J connectivity index is 0.000000685. The van der Waals surface area contributed by atoms with Crippen molar-refractivity contribution < 1.29 is 38.0 Å². The maximum atomic E-state index is 11.0. The van der Waals surface area contributed by atoms with Crippen LogP contribution in [0.3, 0.4) is 0 Å². The van der Waals surface area contributed by atoms with Crippen molar-refractivity contribution in [3.05, 3.63) is 0 Å². The number of aliphatic hydroxyl groups is 1. The Labute approximate surface area is 236 Å². The van der Waals surface area contributed by atoms with Crippen molar-refractivity contribution >= 4 is 10.1 Å². The van der Waals surface area contributed by atoms with Gasteiger partial charge in [0.15, 0.2) is 11.6 Å². The molecule has 2 rings (SSSR count). The molecular weight excluding hydrogens is 508 g/mol. The first-order chi connectivity index (χ1) is 18.6. The first kappa shape index (κ1) is 35.7. The van der Waals surface area contributed by atoms with Gasteiger partial charge in [-0.1, -0.05) is 67.2 Å². The first-order valence-corrected chi connectivity index (χ1v) is 16.7. The van der Waals surface area contributed by atoms with Crippen LogP contribution in [0.2, 0.25) is 0 Å². The Morgan fingerprint density at radius 3 is 1.34 bits per heavy atom. The smallest absolute Gasteiger partial charge is 0.264 e. The van der Waals surface area contributed by atoms with Gasteiger partial charge in [-0.15, -0.1) is 0 Å². The summed E-state index contributed by atoms with van der Waals surface area (Å²) in [4.78, 5) is 0.